The van der Waals surface area contributed by atoms with Crippen molar-refractivity contribution >= 4 is 52.9 Å². The van der Waals surface area contributed by atoms with Crippen molar-refractivity contribution in [2.45, 2.75) is 37.6 Å². The molecule has 3 heterocycles. The van der Waals surface area contributed by atoms with Crippen LogP contribution < -0.4 is 10.6 Å². The van der Waals surface area contributed by atoms with E-state index in [1.807, 2.05) is 12.3 Å². The number of nitrogens with one attached hydrogen (secondary N) is 2. The first kappa shape index (κ1) is 25.0. The predicted octanol–water partition coefficient (Wildman–Crippen LogP) is 5.36. The van der Waals surface area contributed by atoms with Crippen LogP contribution in [-0.4, -0.2) is 36.8 Å². The van der Waals surface area contributed by atoms with Crippen molar-refractivity contribution in [1.82, 2.24) is 19.4 Å². The Morgan fingerprint density at radius 2 is 1.89 bits per heavy atom. The Morgan fingerprint density at radius 3 is 2.68 bits per heavy atom. The molecule has 9 nitrogen and oxygen atoms in total. The van der Waals surface area contributed by atoms with Crippen molar-refractivity contribution in [2.24, 2.45) is 5.92 Å². The number of imidazole rings is 1. The minimum absolute atomic E-state index is 0.0705. The number of benzene rings is 1. The molecule has 1 aromatic carbocycles. The summed E-state index contributed by atoms with van der Waals surface area (Å²) in [6, 6.07) is 11.3. The van der Waals surface area contributed by atoms with Gasteiger partial charge in [0.25, 0.3) is 6.47 Å². The third-order valence-corrected chi connectivity index (χ3v) is 7.01. The Morgan fingerprint density at radius 1 is 1.11 bits per heavy atom. The molecule has 0 saturated heterocycles. The molecule has 6 rings (SSSR count). The van der Waals surface area contributed by atoms with Crippen LogP contribution in [0, 0.1) is 5.92 Å². The van der Waals surface area contributed by atoms with Crippen LogP contribution in [0.2, 0.25) is 10.0 Å². The summed E-state index contributed by atoms with van der Waals surface area (Å²) in [7, 11) is 0. The number of halogens is 2. The highest BCUT2D eigenvalue weighted by Gasteiger charge is 2.45. The lowest BCUT2D eigenvalue weighted by Crippen LogP contribution is -2.16. The summed E-state index contributed by atoms with van der Waals surface area (Å²) < 4.78 is 2.08. The average molecular weight is 539 g/mol. The Hall–Kier alpha value is -3.69. The summed E-state index contributed by atoms with van der Waals surface area (Å²) in [5.41, 5.74) is 4.12. The summed E-state index contributed by atoms with van der Waals surface area (Å²) in [6.07, 6.45) is 8.92. The molecule has 0 spiro atoms. The van der Waals surface area contributed by atoms with E-state index in [1.165, 1.54) is 24.7 Å². The zero-order chi connectivity index (χ0) is 25.9. The molecule has 2 atom stereocenters. The van der Waals surface area contributed by atoms with Crippen molar-refractivity contribution in [3.05, 3.63) is 82.0 Å². The topological polar surface area (TPSA) is 122 Å². The van der Waals surface area contributed by atoms with Crippen LogP contribution in [0.25, 0.3) is 5.65 Å². The molecule has 11 heteroatoms. The number of pyridine rings is 1. The second-order valence-electron chi connectivity index (χ2n) is 9.09. The molecule has 2 aliphatic rings. The molecule has 37 heavy (non-hydrogen) atoms. The maximum absolute atomic E-state index is 12.7. The summed E-state index contributed by atoms with van der Waals surface area (Å²) in [5.74, 6) is 1.61. The lowest BCUT2D eigenvalue weighted by molar-refractivity contribution is -0.123. The van der Waals surface area contributed by atoms with Crippen LogP contribution in [0.1, 0.15) is 47.9 Å². The normalized spacial score (nSPS) is 18.0. The van der Waals surface area contributed by atoms with Gasteiger partial charge in [-0.05, 0) is 66.5 Å². The molecule has 4 aromatic rings. The molecule has 2 saturated carbocycles. The van der Waals surface area contributed by atoms with E-state index in [1.54, 1.807) is 18.2 Å². The summed E-state index contributed by atoms with van der Waals surface area (Å²) in [5, 5.41) is 14.3. The van der Waals surface area contributed by atoms with Crippen molar-refractivity contribution in [3.8, 4) is 0 Å². The number of hydrogen-bond acceptors (Lipinski definition) is 6. The van der Waals surface area contributed by atoms with Crippen LogP contribution in [0.15, 0.2) is 55.1 Å². The van der Waals surface area contributed by atoms with E-state index in [0.29, 0.717) is 34.1 Å². The maximum atomic E-state index is 12.7. The van der Waals surface area contributed by atoms with E-state index in [0.717, 1.165) is 23.3 Å². The third kappa shape index (κ3) is 6.00. The summed E-state index contributed by atoms with van der Waals surface area (Å²) >= 11 is 12.4. The van der Waals surface area contributed by atoms with Gasteiger partial charge in [-0.2, -0.15) is 0 Å². The van der Waals surface area contributed by atoms with Gasteiger partial charge in [0.2, 0.25) is 5.91 Å². The van der Waals surface area contributed by atoms with Gasteiger partial charge in [0.1, 0.15) is 23.6 Å². The minimum atomic E-state index is -0.250. The molecule has 1 amide bonds. The number of nitrogens with zero attached hydrogens (tertiary/aromatic N) is 4. The minimum Gasteiger partial charge on any atom is -0.483 e. The average Bonchev–Trinajstić information content (AvgIpc) is 3.81. The lowest BCUT2D eigenvalue weighted by Gasteiger charge is -2.08. The van der Waals surface area contributed by atoms with E-state index in [2.05, 4.69) is 48.3 Å². The number of amides is 1. The number of aromatic nitrogens is 4. The third-order valence-electron chi connectivity index (χ3n) is 6.43. The second kappa shape index (κ2) is 10.7. The largest absolute Gasteiger partial charge is 0.483 e. The molecule has 2 aliphatic carbocycles. The predicted molar refractivity (Wildman–Crippen MR) is 141 cm³/mol. The second-order valence-corrected chi connectivity index (χ2v) is 9.93. The SMILES string of the molecule is O=C(Nc1cc(NCc2cn3cc(C4CC4)ccc3n2)ncn1)[C@H]1C[C@@H]1c1cc(Cl)ccc1Cl.O=CO. The number of carbonyl (C=O) groups excluding carboxylic acids is 1. The lowest BCUT2D eigenvalue weighted by atomic mass is 10.1. The zero-order valence-corrected chi connectivity index (χ0v) is 21.2. The van der Waals surface area contributed by atoms with E-state index in [4.69, 9.17) is 33.1 Å². The maximum Gasteiger partial charge on any atom is 0.290 e. The summed E-state index contributed by atoms with van der Waals surface area (Å²) in [6.45, 7) is 0.267. The van der Waals surface area contributed by atoms with Gasteiger partial charge in [-0.25, -0.2) is 15.0 Å². The monoisotopic (exact) mass is 538 g/mol. The molecule has 3 aromatic heterocycles. The molecule has 0 bridgehead atoms. The van der Waals surface area contributed by atoms with Crippen LogP contribution in [0.3, 0.4) is 0 Å². The van der Waals surface area contributed by atoms with E-state index < -0.39 is 0 Å². The number of carboxylic acid groups (broad SMARTS) is 1. The van der Waals surface area contributed by atoms with Gasteiger partial charge in [0, 0.05) is 34.4 Å². The van der Waals surface area contributed by atoms with Crippen LogP contribution in [0.5, 0.6) is 0 Å². The number of fused-ring (bicyclic) bond motifs is 1. The Bertz CT molecular complexity index is 1460. The van der Waals surface area contributed by atoms with Gasteiger partial charge >= 0.3 is 0 Å². The highest BCUT2D eigenvalue weighted by Crippen LogP contribution is 2.50. The van der Waals surface area contributed by atoms with E-state index in [9.17, 15) is 4.79 Å². The highest BCUT2D eigenvalue weighted by atomic mass is 35.5. The molecule has 0 aliphatic heterocycles. The molecular formula is C26H24Cl2N6O3. The van der Waals surface area contributed by atoms with Gasteiger partial charge in [-0.1, -0.05) is 29.3 Å². The number of anilines is 2. The van der Waals surface area contributed by atoms with E-state index >= 15 is 0 Å². The van der Waals surface area contributed by atoms with Crippen LogP contribution >= 0.6 is 23.2 Å². The Kier molecular flexibility index (Phi) is 7.25. The van der Waals surface area contributed by atoms with Crippen molar-refractivity contribution in [1.29, 1.82) is 0 Å². The Balaban J connectivity index is 0.000000892. The van der Waals surface area contributed by atoms with Crippen molar-refractivity contribution in [3.63, 3.8) is 0 Å². The number of carbonyl (C=O) groups is 2. The van der Waals surface area contributed by atoms with Gasteiger partial charge in [0.15, 0.2) is 0 Å². The van der Waals surface area contributed by atoms with Gasteiger partial charge in [-0.15, -0.1) is 0 Å². The number of rotatable bonds is 7. The molecule has 3 N–H and O–H groups in total. The fraction of sp³-hybridized carbons (Fsp3) is 0.269. The van der Waals surface area contributed by atoms with Gasteiger partial charge in [-0.3, -0.25) is 9.59 Å². The fourth-order valence-electron chi connectivity index (χ4n) is 4.35. The smallest absolute Gasteiger partial charge is 0.290 e. The molecular weight excluding hydrogens is 515 g/mol. The highest BCUT2D eigenvalue weighted by molar-refractivity contribution is 6.33. The molecule has 0 radical (unpaired) electrons. The standard InChI is InChI=1S/C25H22Cl2N6O.CH2O2/c26-16-4-5-21(27)19(7-16)18-8-20(18)25(34)32-23-9-22(29-13-30-23)28-10-17-12-33-11-15(14-1-2-14)3-6-24(33)31-17;2-1-3/h3-7,9,11-14,18,20H,1-2,8,10H2,(H2,28,29,30,32,34);1H,(H,2,3)/t18-,20+;/m1./s1. The van der Waals surface area contributed by atoms with Gasteiger partial charge in [0.05, 0.1) is 12.2 Å². The first-order chi connectivity index (χ1) is 17.9. The molecule has 190 valence electrons. The van der Waals surface area contributed by atoms with Crippen LogP contribution in [-0.2, 0) is 16.1 Å². The van der Waals surface area contributed by atoms with Gasteiger partial charge < -0.3 is 20.1 Å². The van der Waals surface area contributed by atoms with E-state index in [-0.39, 0.29) is 24.2 Å². The van der Waals surface area contributed by atoms with Crippen LogP contribution in [0.4, 0.5) is 11.6 Å². The zero-order valence-electron chi connectivity index (χ0n) is 19.6. The molecule has 0 unspecified atom stereocenters. The molecule has 2 fully saturated rings. The number of hydrogen-bond donors (Lipinski definition) is 3. The first-order valence-corrected chi connectivity index (χ1v) is 12.6. The summed E-state index contributed by atoms with van der Waals surface area (Å²) in [4.78, 5) is 34.2. The quantitative estimate of drug-likeness (QED) is 0.270. The fourth-order valence-corrected chi connectivity index (χ4v) is 4.79. The first-order valence-electron chi connectivity index (χ1n) is 11.8. The van der Waals surface area contributed by atoms with Crippen molar-refractivity contribution in [2.75, 3.05) is 10.6 Å². The Labute approximate surface area is 222 Å². The van der Waals surface area contributed by atoms with Crippen molar-refractivity contribution < 1.29 is 14.7 Å².